The molecular weight excluding hydrogens is 380 g/mol. The predicted molar refractivity (Wildman–Crippen MR) is 98.8 cm³/mol. The molecule has 150 valence electrons. The summed E-state index contributed by atoms with van der Waals surface area (Å²) in [6, 6.07) is 1.50. The SMILES string of the molecule is CC(C)(C)OC(=O)N1CCN(c2nc(Cl)cc(N3CCC(F)(F)C3)n2)CC1. The first-order valence-electron chi connectivity index (χ1n) is 8.93. The quantitative estimate of drug-likeness (QED) is 0.707. The Bertz CT molecular complexity index is 705. The minimum Gasteiger partial charge on any atom is -0.444 e. The van der Waals surface area contributed by atoms with Crippen molar-refractivity contribution in [2.24, 2.45) is 0 Å². The van der Waals surface area contributed by atoms with Gasteiger partial charge in [-0.3, -0.25) is 0 Å². The van der Waals surface area contributed by atoms with Gasteiger partial charge in [-0.2, -0.15) is 4.98 Å². The van der Waals surface area contributed by atoms with Gasteiger partial charge in [-0.05, 0) is 20.8 Å². The lowest BCUT2D eigenvalue weighted by Crippen LogP contribution is -2.50. The molecule has 2 saturated heterocycles. The fourth-order valence-electron chi connectivity index (χ4n) is 3.04. The molecule has 7 nitrogen and oxygen atoms in total. The fourth-order valence-corrected chi connectivity index (χ4v) is 3.22. The van der Waals surface area contributed by atoms with E-state index in [0.29, 0.717) is 37.9 Å². The summed E-state index contributed by atoms with van der Waals surface area (Å²) in [6.07, 6.45) is -0.549. The highest BCUT2D eigenvalue weighted by Gasteiger charge is 2.39. The van der Waals surface area contributed by atoms with Crippen LogP contribution in [0.1, 0.15) is 27.2 Å². The molecule has 2 fully saturated rings. The molecule has 0 spiro atoms. The van der Waals surface area contributed by atoms with Crippen LogP contribution in [-0.4, -0.2) is 71.8 Å². The van der Waals surface area contributed by atoms with E-state index in [-0.39, 0.29) is 30.8 Å². The van der Waals surface area contributed by atoms with E-state index in [9.17, 15) is 13.6 Å². The molecule has 0 bridgehead atoms. The molecule has 3 heterocycles. The summed E-state index contributed by atoms with van der Waals surface area (Å²) in [4.78, 5) is 25.9. The summed E-state index contributed by atoms with van der Waals surface area (Å²) < 4.78 is 32.4. The molecule has 1 aromatic heterocycles. The minimum absolute atomic E-state index is 0.196. The smallest absolute Gasteiger partial charge is 0.410 e. The highest BCUT2D eigenvalue weighted by molar-refractivity contribution is 6.29. The second kappa shape index (κ2) is 7.26. The zero-order chi connectivity index (χ0) is 19.8. The van der Waals surface area contributed by atoms with Crippen molar-refractivity contribution >= 4 is 29.5 Å². The van der Waals surface area contributed by atoms with E-state index in [4.69, 9.17) is 16.3 Å². The van der Waals surface area contributed by atoms with Crippen LogP contribution in [0.15, 0.2) is 6.07 Å². The van der Waals surface area contributed by atoms with E-state index in [1.165, 1.54) is 11.0 Å². The van der Waals surface area contributed by atoms with Gasteiger partial charge >= 0.3 is 6.09 Å². The summed E-state index contributed by atoms with van der Waals surface area (Å²) in [5.74, 6) is -1.93. The summed E-state index contributed by atoms with van der Waals surface area (Å²) in [6.45, 7) is 7.27. The number of hydrogen-bond acceptors (Lipinski definition) is 6. The molecule has 0 radical (unpaired) electrons. The maximum atomic E-state index is 13.5. The molecule has 10 heteroatoms. The number of piperazine rings is 1. The van der Waals surface area contributed by atoms with Crippen LogP contribution in [-0.2, 0) is 4.74 Å². The van der Waals surface area contributed by atoms with Gasteiger partial charge in [0.15, 0.2) is 0 Å². The lowest BCUT2D eigenvalue weighted by Gasteiger charge is -2.35. The Hall–Kier alpha value is -1.90. The van der Waals surface area contributed by atoms with Crippen LogP contribution in [0.3, 0.4) is 0 Å². The summed E-state index contributed by atoms with van der Waals surface area (Å²) in [5.41, 5.74) is -0.545. The average molecular weight is 404 g/mol. The lowest BCUT2D eigenvalue weighted by molar-refractivity contribution is 0.0237. The molecule has 0 aliphatic carbocycles. The number of carbonyl (C=O) groups excluding carboxylic acids is 1. The first kappa shape index (κ1) is 19.9. The molecular formula is C17H24ClF2N5O2. The van der Waals surface area contributed by atoms with E-state index in [1.54, 1.807) is 4.90 Å². The van der Waals surface area contributed by atoms with E-state index in [2.05, 4.69) is 9.97 Å². The molecule has 2 aliphatic rings. The van der Waals surface area contributed by atoms with Gasteiger partial charge < -0.3 is 19.4 Å². The highest BCUT2D eigenvalue weighted by atomic mass is 35.5. The largest absolute Gasteiger partial charge is 0.444 e. The normalized spacial score (nSPS) is 20.1. The molecule has 3 rings (SSSR count). The van der Waals surface area contributed by atoms with Crippen molar-refractivity contribution in [1.82, 2.24) is 14.9 Å². The zero-order valence-corrected chi connectivity index (χ0v) is 16.5. The molecule has 0 saturated carbocycles. The topological polar surface area (TPSA) is 61.8 Å². The minimum atomic E-state index is -2.71. The van der Waals surface area contributed by atoms with Crippen molar-refractivity contribution in [3.63, 3.8) is 0 Å². The van der Waals surface area contributed by atoms with Gasteiger partial charge in [-0.15, -0.1) is 0 Å². The summed E-state index contributed by atoms with van der Waals surface area (Å²) >= 11 is 6.09. The first-order valence-corrected chi connectivity index (χ1v) is 9.30. The van der Waals surface area contributed by atoms with Crippen LogP contribution in [0.2, 0.25) is 5.15 Å². The Morgan fingerprint density at radius 2 is 1.81 bits per heavy atom. The standard InChI is InChI=1S/C17H24ClF2N5O2/c1-16(2,3)27-15(26)24-8-6-23(7-9-24)14-21-12(18)10-13(22-14)25-5-4-17(19,20)11-25/h10H,4-9,11H2,1-3H3. The molecule has 0 atom stereocenters. The van der Waals surface area contributed by atoms with Gasteiger partial charge in [0.05, 0.1) is 6.54 Å². The average Bonchev–Trinajstić information content (AvgIpc) is 2.93. The Labute approximate surface area is 162 Å². The zero-order valence-electron chi connectivity index (χ0n) is 15.7. The molecule has 1 aromatic rings. The van der Waals surface area contributed by atoms with Gasteiger partial charge in [0.2, 0.25) is 5.95 Å². The number of ether oxygens (including phenoxy) is 1. The maximum absolute atomic E-state index is 13.5. The number of rotatable bonds is 2. The van der Waals surface area contributed by atoms with Crippen LogP contribution in [0.5, 0.6) is 0 Å². The van der Waals surface area contributed by atoms with Crippen LogP contribution < -0.4 is 9.80 Å². The third kappa shape index (κ3) is 5.09. The Morgan fingerprint density at radius 1 is 1.15 bits per heavy atom. The molecule has 0 N–H and O–H groups in total. The van der Waals surface area contributed by atoms with Crippen LogP contribution >= 0.6 is 11.6 Å². The number of alkyl halides is 2. The second-order valence-electron chi connectivity index (χ2n) is 7.83. The van der Waals surface area contributed by atoms with E-state index >= 15 is 0 Å². The predicted octanol–water partition coefficient (Wildman–Crippen LogP) is 3.03. The monoisotopic (exact) mass is 403 g/mol. The number of halogens is 3. The molecule has 0 aromatic carbocycles. The fraction of sp³-hybridized carbons (Fsp3) is 0.706. The molecule has 1 amide bonds. The van der Waals surface area contributed by atoms with Crippen LogP contribution in [0, 0.1) is 0 Å². The van der Waals surface area contributed by atoms with Gasteiger partial charge in [-0.25, -0.2) is 18.6 Å². The summed E-state index contributed by atoms with van der Waals surface area (Å²) in [5, 5.41) is 0.208. The third-order valence-corrected chi connectivity index (χ3v) is 4.57. The molecule has 0 unspecified atom stereocenters. The first-order chi connectivity index (χ1) is 12.5. The number of anilines is 2. The van der Waals surface area contributed by atoms with E-state index in [1.807, 2.05) is 25.7 Å². The molecule has 2 aliphatic heterocycles. The number of amides is 1. The Morgan fingerprint density at radius 3 is 2.37 bits per heavy atom. The number of carbonyl (C=O) groups is 1. The van der Waals surface area contributed by atoms with Crippen molar-refractivity contribution in [1.29, 1.82) is 0 Å². The van der Waals surface area contributed by atoms with Crippen LogP contribution in [0.25, 0.3) is 0 Å². The Kier molecular flexibility index (Phi) is 5.33. The van der Waals surface area contributed by atoms with Crippen molar-refractivity contribution < 1.29 is 18.3 Å². The third-order valence-electron chi connectivity index (χ3n) is 4.38. The van der Waals surface area contributed by atoms with Crippen molar-refractivity contribution in [3.05, 3.63) is 11.2 Å². The number of hydrogen-bond donors (Lipinski definition) is 0. The Balaban J connectivity index is 1.65. The van der Waals surface area contributed by atoms with Gasteiger partial charge in [0.25, 0.3) is 5.92 Å². The summed E-state index contributed by atoms with van der Waals surface area (Å²) in [7, 11) is 0. The van der Waals surface area contributed by atoms with E-state index in [0.717, 1.165) is 0 Å². The van der Waals surface area contributed by atoms with Crippen LogP contribution in [0.4, 0.5) is 25.3 Å². The van der Waals surface area contributed by atoms with Gasteiger partial charge in [0.1, 0.15) is 16.6 Å². The van der Waals surface area contributed by atoms with Crippen molar-refractivity contribution in [3.8, 4) is 0 Å². The second-order valence-corrected chi connectivity index (χ2v) is 8.22. The lowest BCUT2D eigenvalue weighted by atomic mass is 10.2. The van der Waals surface area contributed by atoms with Crippen molar-refractivity contribution in [2.75, 3.05) is 49.1 Å². The maximum Gasteiger partial charge on any atom is 0.410 e. The molecule has 27 heavy (non-hydrogen) atoms. The number of aromatic nitrogens is 2. The van der Waals surface area contributed by atoms with Gasteiger partial charge in [-0.1, -0.05) is 11.6 Å². The van der Waals surface area contributed by atoms with Gasteiger partial charge in [0, 0.05) is 45.2 Å². The van der Waals surface area contributed by atoms with Crippen molar-refractivity contribution in [2.45, 2.75) is 38.7 Å². The number of nitrogens with zero attached hydrogens (tertiary/aromatic N) is 5. The highest BCUT2D eigenvalue weighted by Crippen LogP contribution is 2.31. The van der Waals surface area contributed by atoms with E-state index < -0.39 is 11.5 Å².